The molecule has 148 valence electrons. The highest BCUT2D eigenvalue weighted by Crippen LogP contribution is 2.12. The van der Waals surface area contributed by atoms with Gasteiger partial charge in [0.05, 0.1) is 10.7 Å². The maximum absolute atomic E-state index is 12.6. The second-order valence-corrected chi connectivity index (χ2v) is 6.54. The number of benzene rings is 2. The molecule has 0 aliphatic carbocycles. The van der Waals surface area contributed by atoms with E-state index in [-0.39, 0.29) is 27.3 Å². The molecule has 2 aromatic rings. The highest BCUT2D eigenvalue weighted by molar-refractivity contribution is 9.19. The van der Waals surface area contributed by atoms with Gasteiger partial charge in [-0.2, -0.15) is 0 Å². The Labute approximate surface area is 177 Å². The lowest BCUT2D eigenvalue weighted by Gasteiger charge is -2.02. The number of anilines is 2. The third-order valence-electron chi connectivity index (χ3n) is 2.26. The number of alkyl halides is 2. The molecule has 0 saturated heterocycles. The molecule has 0 saturated carbocycles. The standard InChI is InChI=1S/C8H6BrF2NO.C6H5F2N.C2H2Br2O/c9-4-8(13)12-7-2-5(10)1-6(11)3-7;7-4-1-5(8)3-6(9)2-4;3-1-2(4)5/h1-3H,4H2,(H,12,13);1-3H,9H2;1H2. The molecule has 0 bridgehead atoms. The Hall–Kier alpha value is -1.46. The zero-order chi connectivity index (χ0) is 21.0. The summed E-state index contributed by atoms with van der Waals surface area (Å²) in [5.41, 5.74) is 5.30. The van der Waals surface area contributed by atoms with Crippen LogP contribution < -0.4 is 11.1 Å². The Morgan fingerprint density at radius 2 is 1.19 bits per heavy atom. The van der Waals surface area contributed by atoms with Gasteiger partial charge in [-0.05, 0) is 40.2 Å². The third kappa shape index (κ3) is 13.4. The normalized spacial score (nSPS) is 9.30. The maximum Gasteiger partial charge on any atom is 0.235 e. The molecule has 0 heterocycles. The molecule has 0 aromatic heterocycles. The number of carbonyl (C=O) groups excluding carboxylic acids is 2. The van der Waals surface area contributed by atoms with Gasteiger partial charge in [0.1, 0.15) is 23.3 Å². The minimum Gasteiger partial charge on any atom is -0.399 e. The smallest absolute Gasteiger partial charge is 0.235 e. The number of halogens is 7. The first kappa shape index (κ1) is 25.5. The number of hydrogen-bond acceptors (Lipinski definition) is 3. The van der Waals surface area contributed by atoms with E-state index in [1.807, 2.05) is 0 Å². The number of nitrogens with one attached hydrogen (secondary N) is 1. The van der Waals surface area contributed by atoms with Crippen molar-refractivity contribution in [2.75, 3.05) is 21.7 Å². The Kier molecular flexibility index (Phi) is 12.9. The average molecular weight is 581 g/mol. The Morgan fingerprint density at radius 1 is 0.815 bits per heavy atom. The van der Waals surface area contributed by atoms with E-state index in [1.165, 1.54) is 0 Å². The maximum atomic E-state index is 12.6. The summed E-state index contributed by atoms with van der Waals surface area (Å²) in [4.78, 5) is 20.5. The third-order valence-corrected chi connectivity index (χ3v) is 4.31. The molecule has 3 N–H and O–H groups in total. The summed E-state index contributed by atoms with van der Waals surface area (Å²) in [7, 11) is 0. The van der Waals surface area contributed by atoms with Gasteiger partial charge in [-0.15, -0.1) is 0 Å². The van der Waals surface area contributed by atoms with E-state index < -0.39 is 23.3 Å². The quantitative estimate of drug-likeness (QED) is 0.228. The van der Waals surface area contributed by atoms with E-state index in [9.17, 15) is 27.2 Å². The summed E-state index contributed by atoms with van der Waals surface area (Å²) in [6, 6.07) is 5.72. The summed E-state index contributed by atoms with van der Waals surface area (Å²) in [5, 5.41) is 2.79. The van der Waals surface area contributed by atoms with Crippen molar-refractivity contribution in [3.8, 4) is 0 Å². The van der Waals surface area contributed by atoms with E-state index in [4.69, 9.17) is 5.73 Å². The number of amides is 1. The van der Waals surface area contributed by atoms with Crippen molar-refractivity contribution in [2.24, 2.45) is 0 Å². The van der Waals surface area contributed by atoms with Crippen molar-refractivity contribution in [1.82, 2.24) is 0 Å². The lowest BCUT2D eigenvalue weighted by atomic mass is 10.3. The summed E-state index contributed by atoms with van der Waals surface area (Å²) < 4.78 is 49.4. The van der Waals surface area contributed by atoms with Crippen LogP contribution in [-0.4, -0.2) is 21.3 Å². The number of rotatable bonds is 3. The van der Waals surface area contributed by atoms with Gasteiger partial charge in [0.25, 0.3) is 0 Å². The van der Waals surface area contributed by atoms with Gasteiger partial charge in [-0.3, -0.25) is 9.59 Å². The molecule has 0 aliphatic rings. The highest BCUT2D eigenvalue weighted by atomic mass is 79.9. The average Bonchev–Trinajstić information content (AvgIpc) is 2.53. The summed E-state index contributed by atoms with van der Waals surface area (Å²) >= 11 is 8.51. The largest absolute Gasteiger partial charge is 0.399 e. The minimum atomic E-state index is -0.718. The predicted molar refractivity (Wildman–Crippen MR) is 107 cm³/mol. The van der Waals surface area contributed by atoms with Crippen LogP contribution in [0.4, 0.5) is 28.9 Å². The van der Waals surface area contributed by atoms with Crippen molar-refractivity contribution in [2.45, 2.75) is 0 Å². The van der Waals surface area contributed by atoms with Crippen LogP contribution in [0.2, 0.25) is 0 Å². The van der Waals surface area contributed by atoms with Crippen molar-refractivity contribution in [3.63, 3.8) is 0 Å². The van der Waals surface area contributed by atoms with Crippen LogP contribution in [0.3, 0.4) is 0 Å². The molecule has 0 atom stereocenters. The molecule has 27 heavy (non-hydrogen) atoms. The van der Waals surface area contributed by atoms with Crippen LogP contribution in [0, 0.1) is 23.3 Å². The molecule has 0 unspecified atom stereocenters. The monoisotopic (exact) mass is 578 g/mol. The Morgan fingerprint density at radius 3 is 1.48 bits per heavy atom. The van der Waals surface area contributed by atoms with E-state index in [0.29, 0.717) is 5.33 Å². The van der Waals surface area contributed by atoms with Crippen LogP contribution in [0.1, 0.15) is 0 Å². The number of hydrogen-bond donors (Lipinski definition) is 2. The Bertz CT molecular complexity index is 709. The molecule has 11 heteroatoms. The first-order valence-corrected chi connectivity index (χ1v) is 9.88. The lowest BCUT2D eigenvalue weighted by Crippen LogP contribution is -2.12. The summed E-state index contributed by atoms with van der Waals surface area (Å²) in [6.07, 6.45) is 0. The molecular weight excluding hydrogens is 568 g/mol. The van der Waals surface area contributed by atoms with Crippen molar-refractivity contribution >= 4 is 69.8 Å². The zero-order valence-electron chi connectivity index (χ0n) is 13.4. The molecule has 1 amide bonds. The van der Waals surface area contributed by atoms with Crippen molar-refractivity contribution in [1.29, 1.82) is 0 Å². The fourth-order valence-electron chi connectivity index (χ4n) is 1.40. The van der Waals surface area contributed by atoms with Crippen molar-refractivity contribution in [3.05, 3.63) is 59.7 Å². The molecule has 0 aliphatic heterocycles. The van der Waals surface area contributed by atoms with Gasteiger partial charge in [-0.25, -0.2) is 17.6 Å². The van der Waals surface area contributed by atoms with Crippen LogP contribution in [0.15, 0.2) is 36.4 Å². The topological polar surface area (TPSA) is 72.2 Å². The van der Waals surface area contributed by atoms with E-state index in [1.54, 1.807) is 0 Å². The molecular formula is C16H13Br3F4N2O2. The summed E-state index contributed by atoms with van der Waals surface area (Å²) in [5.74, 6) is -3.08. The van der Waals surface area contributed by atoms with Crippen LogP contribution in [0.5, 0.6) is 0 Å². The molecule has 0 fully saturated rings. The second-order valence-electron chi connectivity index (χ2n) is 4.53. The van der Waals surface area contributed by atoms with E-state index in [0.717, 1.165) is 36.4 Å². The van der Waals surface area contributed by atoms with Crippen LogP contribution in [-0.2, 0) is 9.59 Å². The summed E-state index contributed by atoms with van der Waals surface area (Å²) in [6.45, 7) is 0. The number of nitrogens with two attached hydrogens (primary N) is 1. The predicted octanol–water partition coefficient (Wildman–Crippen LogP) is 5.15. The highest BCUT2D eigenvalue weighted by Gasteiger charge is 2.03. The second kappa shape index (κ2) is 13.7. The Balaban J connectivity index is 0.000000419. The first-order valence-electron chi connectivity index (χ1n) is 6.85. The lowest BCUT2D eigenvalue weighted by molar-refractivity contribution is -0.113. The molecule has 2 rings (SSSR count). The fraction of sp³-hybridized carbons (Fsp3) is 0.125. The van der Waals surface area contributed by atoms with E-state index >= 15 is 0 Å². The molecule has 0 spiro atoms. The molecule has 0 radical (unpaired) electrons. The number of nitrogen functional groups attached to an aromatic ring is 1. The number of carbonyl (C=O) groups is 2. The van der Waals surface area contributed by atoms with Gasteiger partial charge in [0, 0.05) is 23.5 Å². The SMILES string of the molecule is Nc1cc(F)cc(F)c1.O=C(Br)CBr.O=C(CBr)Nc1cc(F)cc(F)c1. The van der Waals surface area contributed by atoms with Gasteiger partial charge in [0.15, 0.2) is 0 Å². The zero-order valence-corrected chi connectivity index (χ0v) is 18.2. The van der Waals surface area contributed by atoms with Crippen molar-refractivity contribution < 1.29 is 27.2 Å². The molecule has 2 aromatic carbocycles. The van der Waals surface area contributed by atoms with Gasteiger partial charge in [0.2, 0.25) is 10.6 Å². The van der Waals surface area contributed by atoms with Crippen LogP contribution >= 0.6 is 47.8 Å². The molecule has 4 nitrogen and oxygen atoms in total. The van der Waals surface area contributed by atoms with Gasteiger partial charge < -0.3 is 11.1 Å². The first-order chi connectivity index (χ1) is 12.6. The van der Waals surface area contributed by atoms with Gasteiger partial charge >= 0.3 is 0 Å². The van der Waals surface area contributed by atoms with Gasteiger partial charge in [-0.1, -0.05) is 31.9 Å². The van der Waals surface area contributed by atoms with Crippen LogP contribution in [0.25, 0.3) is 0 Å². The fourth-order valence-corrected chi connectivity index (χ4v) is 1.54. The van der Waals surface area contributed by atoms with E-state index in [2.05, 4.69) is 53.1 Å². The minimum absolute atomic E-state index is 0.0162.